The molecule has 1 aliphatic heterocycles. The van der Waals surface area contributed by atoms with Crippen molar-refractivity contribution in [3.63, 3.8) is 0 Å². The van der Waals surface area contributed by atoms with Gasteiger partial charge in [0, 0.05) is 13.1 Å². The van der Waals surface area contributed by atoms with Gasteiger partial charge in [-0.15, -0.1) is 0 Å². The summed E-state index contributed by atoms with van der Waals surface area (Å²) in [5.41, 5.74) is 6.70. The lowest BCUT2D eigenvalue weighted by Crippen LogP contribution is -2.21. The Labute approximate surface area is 118 Å². The highest BCUT2D eigenvalue weighted by Gasteiger charge is 2.20. The zero-order valence-electron chi connectivity index (χ0n) is 11.5. The fourth-order valence-electron chi connectivity index (χ4n) is 2.39. The zero-order chi connectivity index (χ0) is 13.9. The smallest absolute Gasteiger partial charge is 0.248 e. The van der Waals surface area contributed by atoms with Gasteiger partial charge in [0.25, 0.3) is 0 Å². The number of anilines is 2. The number of para-hydroxylation sites is 1. The summed E-state index contributed by atoms with van der Waals surface area (Å²) in [5.74, 6) is 2.63. The molecule has 1 fully saturated rings. The van der Waals surface area contributed by atoms with E-state index in [1.54, 1.807) is 0 Å². The van der Waals surface area contributed by atoms with E-state index < -0.39 is 0 Å². The highest BCUT2D eigenvalue weighted by atomic mass is 16.5. The lowest BCUT2D eigenvalue weighted by Gasteiger charge is -2.20. The number of ether oxygens (including phenoxy) is 1. The largest absolute Gasteiger partial charge is 0.437 e. The molecule has 1 aromatic heterocycles. The van der Waals surface area contributed by atoms with Crippen molar-refractivity contribution in [2.45, 2.75) is 19.8 Å². The van der Waals surface area contributed by atoms with E-state index in [-0.39, 0.29) is 0 Å². The summed E-state index contributed by atoms with van der Waals surface area (Å²) in [6, 6.07) is 9.54. The molecule has 0 aliphatic carbocycles. The van der Waals surface area contributed by atoms with Crippen LogP contribution >= 0.6 is 0 Å². The van der Waals surface area contributed by atoms with Crippen molar-refractivity contribution >= 4 is 11.5 Å². The molecule has 2 N–H and O–H groups in total. The number of aryl methyl sites for hydroxylation is 1. The van der Waals surface area contributed by atoms with E-state index in [2.05, 4.69) is 14.9 Å². The van der Waals surface area contributed by atoms with Gasteiger partial charge in [-0.25, -0.2) is 4.98 Å². The standard InChI is InChI=1S/C15H18N4O/c1-11-17-14(19-9-5-6-10-19)13(16)15(18-11)20-12-7-3-2-4-8-12/h2-4,7-8H,5-6,9-10,16H2,1H3. The first kappa shape index (κ1) is 12.7. The molecule has 1 aromatic carbocycles. The average molecular weight is 270 g/mol. The van der Waals surface area contributed by atoms with E-state index in [4.69, 9.17) is 10.5 Å². The van der Waals surface area contributed by atoms with Gasteiger partial charge < -0.3 is 15.4 Å². The van der Waals surface area contributed by atoms with Crippen LogP contribution in [0.2, 0.25) is 0 Å². The number of nitrogens with two attached hydrogens (primary N) is 1. The molecule has 0 saturated carbocycles. The van der Waals surface area contributed by atoms with Crippen LogP contribution in [0.1, 0.15) is 18.7 Å². The van der Waals surface area contributed by atoms with Crippen molar-refractivity contribution in [2.24, 2.45) is 0 Å². The molecular formula is C15H18N4O. The van der Waals surface area contributed by atoms with Gasteiger partial charge in [0.2, 0.25) is 5.88 Å². The van der Waals surface area contributed by atoms with Crippen LogP contribution in [0.4, 0.5) is 11.5 Å². The molecule has 104 valence electrons. The Balaban J connectivity index is 1.94. The molecule has 5 heteroatoms. The van der Waals surface area contributed by atoms with Crippen molar-refractivity contribution in [2.75, 3.05) is 23.7 Å². The molecule has 1 saturated heterocycles. The maximum Gasteiger partial charge on any atom is 0.248 e. The molecule has 0 radical (unpaired) electrons. The molecule has 0 atom stereocenters. The number of nitrogen functional groups attached to an aromatic ring is 1. The maximum atomic E-state index is 6.19. The van der Waals surface area contributed by atoms with Crippen LogP contribution in [-0.2, 0) is 0 Å². The van der Waals surface area contributed by atoms with Crippen LogP contribution < -0.4 is 15.4 Å². The predicted octanol–water partition coefficient (Wildman–Crippen LogP) is 2.76. The van der Waals surface area contributed by atoms with E-state index in [9.17, 15) is 0 Å². The third-order valence-corrected chi connectivity index (χ3v) is 3.37. The number of benzene rings is 1. The average Bonchev–Trinajstić information content (AvgIpc) is 2.97. The van der Waals surface area contributed by atoms with Crippen molar-refractivity contribution in [3.05, 3.63) is 36.2 Å². The van der Waals surface area contributed by atoms with Crippen LogP contribution in [0, 0.1) is 6.92 Å². The van der Waals surface area contributed by atoms with Crippen LogP contribution in [0.25, 0.3) is 0 Å². The Morgan fingerprint density at radius 2 is 1.80 bits per heavy atom. The second-order valence-electron chi connectivity index (χ2n) is 4.92. The van der Waals surface area contributed by atoms with Crippen molar-refractivity contribution in [1.82, 2.24) is 9.97 Å². The molecule has 2 aromatic rings. The molecule has 2 heterocycles. The third-order valence-electron chi connectivity index (χ3n) is 3.37. The Morgan fingerprint density at radius 1 is 1.10 bits per heavy atom. The SMILES string of the molecule is Cc1nc(Oc2ccccc2)c(N)c(N2CCCC2)n1. The van der Waals surface area contributed by atoms with E-state index >= 15 is 0 Å². The fraction of sp³-hybridized carbons (Fsp3) is 0.333. The summed E-state index contributed by atoms with van der Waals surface area (Å²) in [5, 5.41) is 0. The zero-order valence-corrected chi connectivity index (χ0v) is 11.5. The van der Waals surface area contributed by atoms with E-state index in [0.717, 1.165) is 24.7 Å². The number of nitrogens with zero attached hydrogens (tertiary/aromatic N) is 3. The monoisotopic (exact) mass is 270 g/mol. The van der Waals surface area contributed by atoms with Gasteiger partial charge in [0.15, 0.2) is 5.82 Å². The molecule has 0 spiro atoms. The molecule has 5 nitrogen and oxygen atoms in total. The number of aromatic nitrogens is 2. The molecule has 0 bridgehead atoms. The summed E-state index contributed by atoms with van der Waals surface area (Å²) >= 11 is 0. The maximum absolute atomic E-state index is 6.19. The number of hydrogen-bond donors (Lipinski definition) is 1. The van der Waals surface area contributed by atoms with Crippen LogP contribution in [0.3, 0.4) is 0 Å². The topological polar surface area (TPSA) is 64.3 Å². The van der Waals surface area contributed by atoms with Gasteiger partial charge in [-0.1, -0.05) is 18.2 Å². The highest BCUT2D eigenvalue weighted by molar-refractivity contribution is 5.69. The lowest BCUT2D eigenvalue weighted by molar-refractivity contribution is 0.462. The summed E-state index contributed by atoms with van der Waals surface area (Å²) in [4.78, 5) is 11.0. The minimum absolute atomic E-state index is 0.436. The van der Waals surface area contributed by atoms with Crippen LogP contribution in [-0.4, -0.2) is 23.1 Å². The van der Waals surface area contributed by atoms with E-state index in [1.807, 2.05) is 37.3 Å². The van der Waals surface area contributed by atoms with E-state index in [1.165, 1.54) is 12.8 Å². The van der Waals surface area contributed by atoms with Gasteiger partial charge in [-0.2, -0.15) is 4.98 Å². The van der Waals surface area contributed by atoms with E-state index in [0.29, 0.717) is 17.4 Å². The molecule has 20 heavy (non-hydrogen) atoms. The molecule has 0 unspecified atom stereocenters. The van der Waals surface area contributed by atoms with Gasteiger partial charge in [-0.3, -0.25) is 0 Å². The number of hydrogen-bond acceptors (Lipinski definition) is 5. The summed E-state index contributed by atoms with van der Waals surface area (Å²) in [7, 11) is 0. The summed E-state index contributed by atoms with van der Waals surface area (Å²) < 4.78 is 5.79. The minimum Gasteiger partial charge on any atom is -0.437 e. The molecule has 0 amide bonds. The second kappa shape index (κ2) is 5.36. The lowest BCUT2D eigenvalue weighted by atomic mass is 10.3. The predicted molar refractivity (Wildman–Crippen MR) is 79.1 cm³/mol. The minimum atomic E-state index is 0.436. The third kappa shape index (κ3) is 2.52. The van der Waals surface area contributed by atoms with Gasteiger partial charge in [0.1, 0.15) is 17.3 Å². The Bertz CT molecular complexity index is 594. The van der Waals surface area contributed by atoms with Gasteiger partial charge >= 0.3 is 0 Å². The Morgan fingerprint density at radius 3 is 2.50 bits per heavy atom. The Hall–Kier alpha value is -2.30. The number of rotatable bonds is 3. The van der Waals surface area contributed by atoms with Crippen molar-refractivity contribution in [1.29, 1.82) is 0 Å². The highest BCUT2D eigenvalue weighted by Crippen LogP contribution is 2.33. The fourth-order valence-corrected chi connectivity index (χ4v) is 2.39. The molecular weight excluding hydrogens is 252 g/mol. The second-order valence-corrected chi connectivity index (χ2v) is 4.92. The molecule has 1 aliphatic rings. The van der Waals surface area contributed by atoms with Gasteiger partial charge in [0.05, 0.1) is 0 Å². The van der Waals surface area contributed by atoms with Crippen molar-refractivity contribution in [3.8, 4) is 11.6 Å². The normalized spacial score (nSPS) is 14.6. The quantitative estimate of drug-likeness (QED) is 0.929. The van der Waals surface area contributed by atoms with Crippen molar-refractivity contribution < 1.29 is 4.74 Å². The first-order valence-electron chi connectivity index (χ1n) is 6.86. The van der Waals surface area contributed by atoms with Crippen LogP contribution in [0.5, 0.6) is 11.6 Å². The Kier molecular flexibility index (Phi) is 3.41. The first-order valence-corrected chi connectivity index (χ1v) is 6.86. The summed E-state index contributed by atoms with van der Waals surface area (Å²) in [6.07, 6.45) is 2.36. The molecule has 3 rings (SSSR count). The first-order chi connectivity index (χ1) is 9.74. The van der Waals surface area contributed by atoms with Gasteiger partial charge in [-0.05, 0) is 31.9 Å². The van der Waals surface area contributed by atoms with Crippen LogP contribution in [0.15, 0.2) is 30.3 Å². The summed E-state index contributed by atoms with van der Waals surface area (Å²) in [6.45, 7) is 3.84.